The number of amides is 1. The average molecular weight is 289 g/mol. The number of para-hydroxylation sites is 1. The molecule has 1 aromatic heterocycles. The van der Waals surface area contributed by atoms with Gasteiger partial charge >= 0.3 is 0 Å². The Kier molecular flexibility index (Phi) is 3.88. The van der Waals surface area contributed by atoms with Crippen molar-refractivity contribution in [1.82, 2.24) is 9.88 Å². The molecule has 1 amide bonds. The van der Waals surface area contributed by atoms with Crippen LogP contribution in [0.25, 0.3) is 10.9 Å². The number of hydrogen-bond acceptors (Lipinski definition) is 2. The molecule has 0 aliphatic carbocycles. The summed E-state index contributed by atoms with van der Waals surface area (Å²) >= 11 is 5.89. The van der Waals surface area contributed by atoms with Crippen molar-refractivity contribution in [2.45, 2.75) is 12.8 Å². The highest BCUT2D eigenvalue weighted by Gasteiger charge is 2.24. The van der Waals surface area contributed by atoms with E-state index in [4.69, 9.17) is 11.6 Å². The lowest BCUT2D eigenvalue weighted by molar-refractivity contribution is 0.0700. The second-order valence-electron chi connectivity index (χ2n) is 5.27. The SMILES string of the molecule is O=C(c1ccnc2ccccc12)N1CCC(CCl)CC1. The first-order chi connectivity index (χ1) is 9.79. The number of piperidine rings is 1. The molecule has 0 spiro atoms. The molecule has 2 heterocycles. The van der Waals surface area contributed by atoms with Gasteiger partial charge in [0.2, 0.25) is 0 Å². The monoisotopic (exact) mass is 288 g/mol. The van der Waals surface area contributed by atoms with E-state index in [1.807, 2.05) is 35.2 Å². The van der Waals surface area contributed by atoms with Gasteiger partial charge in [-0.05, 0) is 30.9 Å². The first kappa shape index (κ1) is 13.4. The Balaban J connectivity index is 1.86. The maximum atomic E-state index is 12.7. The van der Waals surface area contributed by atoms with Gasteiger partial charge in [-0.15, -0.1) is 11.6 Å². The normalized spacial score (nSPS) is 16.6. The molecule has 1 aliphatic heterocycles. The fourth-order valence-corrected chi connectivity index (χ4v) is 3.05. The standard InChI is InChI=1S/C16H17ClN2O/c17-11-12-6-9-19(10-7-12)16(20)14-5-8-18-15-4-2-1-3-13(14)15/h1-5,8,12H,6-7,9-11H2. The molecule has 0 radical (unpaired) electrons. The zero-order chi connectivity index (χ0) is 13.9. The summed E-state index contributed by atoms with van der Waals surface area (Å²) in [7, 11) is 0. The second kappa shape index (κ2) is 5.80. The summed E-state index contributed by atoms with van der Waals surface area (Å²) < 4.78 is 0. The first-order valence-corrected chi connectivity index (χ1v) is 7.52. The molecule has 3 nitrogen and oxygen atoms in total. The highest BCUT2D eigenvalue weighted by molar-refractivity contribution is 6.18. The fraction of sp³-hybridized carbons (Fsp3) is 0.375. The van der Waals surface area contributed by atoms with Crippen molar-refractivity contribution in [3.8, 4) is 0 Å². The molecule has 0 bridgehead atoms. The van der Waals surface area contributed by atoms with Crippen molar-refractivity contribution in [2.75, 3.05) is 19.0 Å². The van der Waals surface area contributed by atoms with Gasteiger partial charge in [-0.1, -0.05) is 18.2 Å². The van der Waals surface area contributed by atoms with Gasteiger partial charge in [0.15, 0.2) is 0 Å². The molecule has 0 saturated carbocycles. The van der Waals surface area contributed by atoms with Crippen LogP contribution in [0.5, 0.6) is 0 Å². The molecule has 20 heavy (non-hydrogen) atoms. The molecular formula is C16H17ClN2O. The topological polar surface area (TPSA) is 33.2 Å². The molecular weight excluding hydrogens is 272 g/mol. The van der Waals surface area contributed by atoms with Crippen molar-refractivity contribution in [1.29, 1.82) is 0 Å². The lowest BCUT2D eigenvalue weighted by Gasteiger charge is -2.31. The minimum Gasteiger partial charge on any atom is -0.339 e. The van der Waals surface area contributed by atoms with E-state index in [0.717, 1.165) is 42.4 Å². The number of aromatic nitrogens is 1. The molecule has 0 atom stereocenters. The van der Waals surface area contributed by atoms with Crippen LogP contribution in [0.2, 0.25) is 0 Å². The van der Waals surface area contributed by atoms with Crippen molar-refractivity contribution in [2.24, 2.45) is 5.92 Å². The van der Waals surface area contributed by atoms with Crippen LogP contribution in [0.15, 0.2) is 36.5 Å². The number of benzene rings is 1. The maximum Gasteiger partial charge on any atom is 0.254 e. The van der Waals surface area contributed by atoms with Crippen molar-refractivity contribution in [3.05, 3.63) is 42.1 Å². The molecule has 0 unspecified atom stereocenters. The van der Waals surface area contributed by atoms with Crippen LogP contribution in [0.3, 0.4) is 0 Å². The summed E-state index contributed by atoms with van der Waals surface area (Å²) in [6.07, 6.45) is 3.71. The van der Waals surface area contributed by atoms with Gasteiger partial charge in [0, 0.05) is 30.6 Å². The number of fused-ring (bicyclic) bond motifs is 1. The Morgan fingerprint density at radius 2 is 2.00 bits per heavy atom. The summed E-state index contributed by atoms with van der Waals surface area (Å²) in [5.41, 5.74) is 1.62. The summed E-state index contributed by atoms with van der Waals surface area (Å²) in [6, 6.07) is 9.60. The maximum absolute atomic E-state index is 12.7. The van der Waals surface area contributed by atoms with E-state index in [9.17, 15) is 4.79 Å². The van der Waals surface area contributed by atoms with Crippen molar-refractivity contribution < 1.29 is 4.79 Å². The minimum atomic E-state index is 0.108. The van der Waals surface area contributed by atoms with Crippen molar-refractivity contribution in [3.63, 3.8) is 0 Å². The Hall–Kier alpha value is -1.61. The first-order valence-electron chi connectivity index (χ1n) is 6.98. The molecule has 4 heteroatoms. The number of rotatable bonds is 2. The molecule has 1 aromatic carbocycles. The number of hydrogen-bond donors (Lipinski definition) is 0. The van der Waals surface area contributed by atoms with Crippen LogP contribution in [0.1, 0.15) is 23.2 Å². The third kappa shape index (κ3) is 2.50. The summed E-state index contributed by atoms with van der Waals surface area (Å²) in [6.45, 7) is 1.60. The Bertz CT molecular complexity index is 615. The molecule has 0 N–H and O–H groups in total. The van der Waals surface area contributed by atoms with Gasteiger partial charge < -0.3 is 4.90 Å². The van der Waals surface area contributed by atoms with E-state index in [-0.39, 0.29) is 5.91 Å². The summed E-state index contributed by atoms with van der Waals surface area (Å²) in [5, 5.41) is 0.930. The molecule has 1 saturated heterocycles. The number of likely N-dealkylation sites (tertiary alicyclic amines) is 1. The predicted octanol–water partition coefficient (Wildman–Crippen LogP) is 3.33. The van der Waals surface area contributed by atoms with Crippen molar-refractivity contribution >= 4 is 28.4 Å². The van der Waals surface area contributed by atoms with E-state index in [2.05, 4.69) is 4.98 Å². The molecule has 3 rings (SSSR count). The van der Waals surface area contributed by atoms with Crippen LogP contribution in [-0.2, 0) is 0 Å². The third-order valence-electron chi connectivity index (χ3n) is 4.00. The number of carbonyl (C=O) groups is 1. The van der Waals surface area contributed by atoms with Gasteiger partial charge in [-0.25, -0.2) is 0 Å². The predicted molar refractivity (Wildman–Crippen MR) is 81.1 cm³/mol. The molecule has 1 aliphatic rings. The number of carbonyl (C=O) groups excluding carboxylic acids is 1. The number of halogens is 1. The highest BCUT2D eigenvalue weighted by Crippen LogP contribution is 2.23. The summed E-state index contributed by atoms with van der Waals surface area (Å²) in [4.78, 5) is 18.9. The van der Waals surface area contributed by atoms with E-state index < -0.39 is 0 Å². The lowest BCUT2D eigenvalue weighted by atomic mass is 9.98. The Morgan fingerprint density at radius 1 is 1.25 bits per heavy atom. The molecule has 2 aromatic rings. The average Bonchev–Trinajstić information content (AvgIpc) is 2.54. The number of alkyl halides is 1. The van der Waals surface area contributed by atoms with Crippen LogP contribution < -0.4 is 0 Å². The Morgan fingerprint density at radius 3 is 2.75 bits per heavy atom. The number of nitrogens with zero attached hydrogens (tertiary/aromatic N) is 2. The van der Waals surface area contributed by atoms with Crippen LogP contribution >= 0.6 is 11.6 Å². The van der Waals surface area contributed by atoms with E-state index in [0.29, 0.717) is 11.8 Å². The highest BCUT2D eigenvalue weighted by atomic mass is 35.5. The van der Waals surface area contributed by atoms with Crippen LogP contribution in [0.4, 0.5) is 0 Å². The van der Waals surface area contributed by atoms with E-state index in [1.165, 1.54) is 0 Å². The van der Waals surface area contributed by atoms with Gasteiger partial charge in [0.25, 0.3) is 5.91 Å². The zero-order valence-corrected chi connectivity index (χ0v) is 12.0. The second-order valence-corrected chi connectivity index (χ2v) is 5.57. The van der Waals surface area contributed by atoms with Gasteiger partial charge in [-0.3, -0.25) is 9.78 Å². The largest absolute Gasteiger partial charge is 0.339 e. The lowest BCUT2D eigenvalue weighted by Crippen LogP contribution is -2.38. The van der Waals surface area contributed by atoms with Gasteiger partial charge in [0.1, 0.15) is 0 Å². The Labute approximate surface area is 123 Å². The number of pyridine rings is 1. The molecule has 1 fully saturated rings. The smallest absolute Gasteiger partial charge is 0.254 e. The van der Waals surface area contributed by atoms with E-state index in [1.54, 1.807) is 6.20 Å². The van der Waals surface area contributed by atoms with Crippen LogP contribution in [-0.4, -0.2) is 34.8 Å². The molecule has 104 valence electrons. The summed E-state index contributed by atoms with van der Waals surface area (Å²) in [5.74, 6) is 1.35. The zero-order valence-electron chi connectivity index (χ0n) is 11.3. The van der Waals surface area contributed by atoms with Crippen LogP contribution in [0, 0.1) is 5.92 Å². The fourth-order valence-electron chi connectivity index (χ4n) is 2.74. The van der Waals surface area contributed by atoms with Gasteiger partial charge in [-0.2, -0.15) is 0 Å². The van der Waals surface area contributed by atoms with Gasteiger partial charge in [0.05, 0.1) is 11.1 Å². The van der Waals surface area contributed by atoms with E-state index >= 15 is 0 Å². The third-order valence-corrected chi connectivity index (χ3v) is 4.44. The minimum absolute atomic E-state index is 0.108. The quantitative estimate of drug-likeness (QED) is 0.794.